The molecule has 0 fully saturated rings. The van der Waals surface area contributed by atoms with Crippen molar-refractivity contribution in [2.75, 3.05) is 6.54 Å². The Morgan fingerprint density at radius 1 is 1.12 bits per heavy atom. The van der Waals surface area contributed by atoms with E-state index >= 15 is 0 Å². The molecule has 6 heteroatoms. The van der Waals surface area contributed by atoms with Gasteiger partial charge in [-0.3, -0.25) is 9.48 Å². The Morgan fingerprint density at radius 3 is 2.36 bits per heavy atom. The lowest BCUT2D eigenvalue weighted by atomic mass is 9.93. The number of aliphatic hydroxyl groups is 1. The molecule has 25 heavy (non-hydrogen) atoms. The Bertz CT molecular complexity index is 855. The number of carbonyl (C=O) groups excluding carboxylic acids is 1. The van der Waals surface area contributed by atoms with Crippen LogP contribution in [-0.4, -0.2) is 32.6 Å². The van der Waals surface area contributed by atoms with Crippen LogP contribution in [0, 0.1) is 0 Å². The third-order valence-electron chi connectivity index (χ3n) is 4.04. The van der Waals surface area contributed by atoms with E-state index in [0.29, 0.717) is 0 Å². The van der Waals surface area contributed by atoms with E-state index in [1.165, 1.54) is 10.9 Å². The van der Waals surface area contributed by atoms with Crippen molar-refractivity contribution in [1.29, 1.82) is 0 Å². The molecule has 0 saturated carbocycles. The zero-order chi connectivity index (χ0) is 17.9. The number of rotatable bonds is 5. The summed E-state index contributed by atoms with van der Waals surface area (Å²) >= 11 is 0. The van der Waals surface area contributed by atoms with E-state index in [4.69, 9.17) is 0 Å². The molecule has 1 heterocycles. The Labute approximate surface area is 146 Å². The van der Waals surface area contributed by atoms with Crippen molar-refractivity contribution in [3.63, 3.8) is 0 Å². The average molecular weight is 336 g/mol. The molecule has 0 saturated heterocycles. The van der Waals surface area contributed by atoms with Crippen LogP contribution < -0.4 is 5.32 Å². The zero-order valence-electron chi connectivity index (χ0n) is 14.2. The number of aromatic nitrogens is 3. The van der Waals surface area contributed by atoms with Gasteiger partial charge in [-0.1, -0.05) is 59.8 Å². The van der Waals surface area contributed by atoms with Gasteiger partial charge in [-0.25, -0.2) is 0 Å². The molecule has 128 valence electrons. The predicted molar refractivity (Wildman–Crippen MR) is 94.8 cm³/mol. The highest BCUT2D eigenvalue weighted by Gasteiger charge is 2.24. The standard InChI is InChI=1S/C19H20N4O2/c1-19(25,13-20-18(24)17-12-23(2)22-21-17)16-10-8-15(9-11-16)14-6-4-3-5-7-14/h3-12,25H,13H2,1-2H3,(H,20,24)/t19-/m1/s1. The van der Waals surface area contributed by atoms with Crippen molar-refractivity contribution in [2.24, 2.45) is 7.05 Å². The number of nitrogens with one attached hydrogen (secondary N) is 1. The van der Waals surface area contributed by atoms with E-state index in [-0.39, 0.29) is 18.1 Å². The molecule has 3 aromatic rings. The summed E-state index contributed by atoms with van der Waals surface area (Å²) in [7, 11) is 1.69. The Morgan fingerprint density at radius 2 is 1.76 bits per heavy atom. The van der Waals surface area contributed by atoms with E-state index in [1.807, 2.05) is 54.6 Å². The number of benzene rings is 2. The lowest BCUT2D eigenvalue weighted by Gasteiger charge is -2.24. The number of hydrogen-bond acceptors (Lipinski definition) is 4. The molecule has 0 aliphatic rings. The monoisotopic (exact) mass is 336 g/mol. The topological polar surface area (TPSA) is 80.0 Å². The van der Waals surface area contributed by atoms with E-state index in [0.717, 1.165) is 16.7 Å². The number of aryl methyl sites for hydroxylation is 1. The maximum absolute atomic E-state index is 12.0. The maximum Gasteiger partial charge on any atom is 0.273 e. The molecule has 0 aliphatic heterocycles. The van der Waals surface area contributed by atoms with E-state index in [1.54, 1.807) is 14.0 Å². The molecule has 0 bridgehead atoms. The molecule has 0 spiro atoms. The molecule has 1 aromatic heterocycles. The first kappa shape index (κ1) is 16.9. The van der Waals surface area contributed by atoms with E-state index < -0.39 is 5.60 Å². The molecular weight excluding hydrogens is 316 g/mol. The van der Waals surface area contributed by atoms with E-state index in [2.05, 4.69) is 15.6 Å². The fourth-order valence-corrected chi connectivity index (χ4v) is 2.55. The van der Waals surface area contributed by atoms with Crippen LogP contribution in [0.4, 0.5) is 0 Å². The molecule has 0 radical (unpaired) electrons. The van der Waals surface area contributed by atoms with Gasteiger partial charge in [0.15, 0.2) is 5.69 Å². The van der Waals surface area contributed by atoms with Gasteiger partial charge in [-0.15, -0.1) is 5.10 Å². The second kappa shape index (κ2) is 6.86. The summed E-state index contributed by atoms with van der Waals surface area (Å²) < 4.78 is 1.45. The number of amides is 1. The third kappa shape index (κ3) is 3.92. The minimum atomic E-state index is -1.19. The normalized spacial score (nSPS) is 13.2. The predicted octanol–water partition coefficient (Wildman–Crippen LogP) is 2.12. The zero-order valence-corrected chi connectivity index (χ0v) is 14.2. The lowest BCUT2D eigenvalue weighted by Crippen LogP contribution is -2.38. The fraction of sp³-hybridized carbons (Fsp3) is 0.211. The highest BCUT2D eigenvalue weighted by molar-refractivity contribution is 5.91. The Balaban J connectivity index is 1.68. The minimum absolute atomic E-state index is 0.0765. The second-order valence-corrected chi connectivity index (χ2v) is 6.18. The fourth-order valence-electron chi connectivity index (χ4n) is 2.55. The molecule has 6 nitrogen and oxygen atoms in total. The molecule has 2 aromatic carbocycles. The Hall–Kier alpha value is -2.99. The van der Waals surface area contributed by atoms with Crippen molar-refractivity contribution in [3.05, 3.63) is 72.1 Å². The van der Waals surface area contributed by atoms with E-state index in [9.17, 15) is 9.90 Å². The second-order valence-electron chi connectivity index (χ2n) is 6.18. The molecule has 0 unspecified atom stereocenters. The first-order valence-corrected chi connectivity index (χ1v) is 7.98. The SMILES string of the molecule is Cn1cc(C(=O)NC[C@@](C)(O)c2ccc(-c3ccccc3)cc2)nn1. The molecule has 2 N–H and O–H groups in total. The van der Waals surface area contributed by atoms with Crippen LogP contribution in [0.3, 0.4) is 0 Å². The third-order valence-corrected chi connectivity index (χ3v) is 4.04. The van der Waals surface area contributed by atoms with Crippen LogP contribution >= 0.6 is 0 Å². The van der Waals surface area contributed by atoms with Crippen molar-refractivity contribution in [2.45, 2.75) is 12.5 Å². The van der Waals surface area contributed by atoms with Crippen molar-refractivity contribution < 1.29 is 9.90 Å². The first-order valence-electron chi connectivity index (χ1n) is 7.98. The average Bonchev–Trinajstić information content (AvgIpc) is 3.07. The highest BCUT2D eigenvalue weighted by atomic mass is 16.3. The maximum atomic E-state index is 12.0. The van der Waals surface area contributed by atoms with Crippen molar-refractivity contribution in [3.8, 4) is 11.1 Å². The van der Waals surface area contributed by atoms with Crippen LogP contribution in [0.2, 0.25) is 0 Å². The summed E-state index contributed by atoms with van der Waals surface area (Å²) in [6, 6.07) is 17.7. The summed E-state index contributed by atoms with van der Waals surface area (Å²) in [4.78, 5) is 12.0. The molecule has 3 rings (SSSR count). The number of carbonyl (C=O) groups is 1. The minimum Gasteiger partial charge on any atom is -0.384 e. The summed E-state index contributed by atoms with van der Waals surface area (Å²) in [5.74, 6) is -0.366. The number of hydrogen-bond donors (Lipinski definition) is 2. The number of nitrogens with zero attached hydrogens (tertiary/aromatic N) is 3. The van der Waals surface area contributed by atoms with Gasteiger partial charge >= 0.3 is 0 Å². The van der Waals surface area contributed by atoms with Gasteiger partial charge in [0.2, 0.25) is 0 Å². The van der Waals surface area contributed by atoms with Crippen LogP contribution in [-0.2, 0) is 12.6 Å². The largest absolute Gasteiger partial charge is 0.384 e. The summed E-state index contributed by atoms with van der Waals surface area (Å²) in [5, 5.41) is 20.9. The van der Waals surface area contributed by atoms with Gasteiger partial charge in [-0.05, 0) is 23.6 Å². The van der Waals surface area contributed by atoms with Crippen LogP contribution in [0.5, 0.6) is 0 Å². The van der Waals surface area contributed by atoms with Crippen molar-refractivity contribution >= 4 is 5.91 Å². The smallest absolute Gasteiger partial charge is 0.273 e. The van der Waals surface area contributed by atoms with Gasteiger partial charge in [0, 0.05) is 7.05 Å². The van der Waals surface area contributed by atoms with Gasteiger partial charge in [0.1, 0.15) is 5.60 Å². The molecule has 1 amide bonds. The molecule has 0 aliphatic carbocycles. The summed E-state index contributed by atoms with van der Waals surface area (Å²) in [5.41, 5.74) is 1.95. The van der Waals surface area contributed by atoms with Crippen LogP contribution in [0.15, 0.2) is 60.8 Å². The van der Waals surface area contributed by atoms with Crippen molar-refractivity contribution in [1.82, 2.24) is 20.3 Å². The van der Waals surface area contributed by atoms with Gasteiger partial charge < -0.3 is 10.4 Å². The lowest BCUT2D eigenvalue weighted by molar-refractivity contribution is 0.0525. The Kier molecular flexibility index (Phi) is 4.63. The van der Waals surface area contributed by atoms with Gasteiger partial charge in [0.05, 0.1) is 12.7 Å². The quantitative estimate of drug-likeness (QED) is 0.748. The molecular formula is C19H20N4O2. The van der Waals surface area contributed by atoms with Crippen LogP contribution in [0.25, 0.3) is 11.1 Å². The highest BCUT2D eigenvalue weighted by Crippen LogP contribution is 2.24. The molecule has 1 atom stereocenters. The first-order chi connectivity index (χ1) is 12.0. The summed E-state index contributed by atoms with van der Waals surface area (Å²) in [6.45, 7) is 1.74. The van der Waals surface area contributed by atoms with Crippen LogP contribution in [0.1, 0.15) is 23.0 Å². The summed E-state index contributed by atoms with van der Waals surface area (Å²) in [6.07, 6.45) is 1.53. The van der Waals surface area contributed by atoms with Gasteiger partial charge in [0.25, 0.3) is 5.91 Å². The van der Waals surface area contributed by atoms with Gasteiger partial charge in [-0.2, -0.15) is 0 Å².